The van der Waals surface area contributed by atoms with Gasteiger partial charge in [-0.15, -0.1) is 0 Å². The first-order chi connectivity index (χ1) is 14.6. The van der Waals surface area contributed by atoms with Gasteiger partial charge in [0.25, 0.3) is 5.91 Å². The Kier molecular flexibility index (Phi) is 10.2. The van der Waals surface area contributed by atoms with Crippen LogP contribution in [0, 0.1) is 0 Å². The molecule has 2 N–H and O–H groups in total. The number of nitrogens with zero attached hydrogens (tertiary/aromatic N) is 2. The fraction of sp³-hybridized carbons (Fsp3) is 0.458. The molecule has 30 heavy (non-hydrogen) atoms. The highest BCUT2D eigenvalue weighted by Gasteiger charge is 2.36. The highest BCUT2D eigenvalue weighted by molar-refractivity contribution is 6.01. The van der Waals surface area contributed by atoms with Crippen LogP contribution in [0.4, 0.5) is 5.69 Å². The second-order valence-electron chi connectivity index (χ2n) is 6.48. The van der Waals surface area contributed by atoms with Crippen LogP contribution >= 0.6 is 0 Å². The van der Waals surface area contributed by atoms with Gasteiger partial charge in [0.2, 0.25) is 0 Å². The molecule has 166 valence electrons. The topological polar surface area (TPSA) is 73.2 Å². The second kappa shape index (κ2) is 12.1. The Morgan fingerprint density at radius 2 is 1.63 bits per heavy atom. The monoisotopic (exact) mass is 416 g/mol. The van der Waals surface area contributed by atoms with Crippen molar-refractivity contribution >= 4 is 11.6 Å². The summed E-state index contributed by atoms with van der Waals surface area (Å²) in [5.41, 5.74) is 3.84. The molecule has 0 fully saturated rings. The van der Waals surface area contributed by atoms with Gasteiger partial charge in [0.1, 0.15) is 0 Å². The molecule has 0 saturated carbocycles. The van der Waals surface area contributed by atoms with E-state index in [0.29, 0.717) is 17.9 Å². The van der Waals surface area contributed by atoms with E-state index in [4.69, 9.17) is 9.84 Å². The van der Waals surface area contributed by atoms with Gasteiger partial charge in [-0.3, -0.25) is 4.79 Å². The molecular weight excluding hydrogens is 380 g/mol. The number of aliphatic hydroxyl groups excluding tert-OH is 1. The van der Waals surface area contributed by atoms with Gasteiger partial charge in [0, 0.05) is 33.3 Å². The van der Waals surface area contributed by atoms with Crippen LogP contribution in [0.25, 0.3) is 0 Å². The SMILES string of the molecule is CC.CC.CO.COc1cc2c(cc1O)N(C)CC1Cc3ccccc3CN1C2=O. The fourth-order valence-electron chi connectivity index (χ4n) is 3.77. The Balaban J connectivity index is 0.000000691. The molecule has 6 nitrogen and oxygen atoms in total. The largest absolute Gasteiger partial charge is 0.504 e. The van der Waals surface area contributed by atoms with Crippen LogP contribution in [0.5, 0.6) is 11.5 Å². The molecule has 2 aromatic carbocycles. The molecule has 1 atom stereocenters. The van der Waals surface area contributed by atoms with Crippen molar-refractivity contribution in [3.05, 3.63) is 53.1 Å². The van der Waals surface area contributed by atoms with Crippen LogP contribution in [0.1, 0.15) is 49.2 Å². The van der Waals surface area contributed by atoms with Gasteiger partial charge < -0.3 is 24.7 Å². The maximum Gasteiger partial charge on any atom is 0.256 e. The zero-order valence-corrected chi connectivity index (χ0v) is 19.3. The summed E-state index contributed by atoms with van der Waals surface area (Å²) in [6, 6.07) is 11.7. The van der Waals surface area contributed by atoms with Gasteiger partial charge >= 0.3 is 0 Å². The summed E-state index contributed by atoms with van der Waals surface area (Å²) in [5, 5.41) is 17.1. The summed E-state index contributed by atoms with van der Waals surface area (Å²) in [6.45, 7) is 9.36. The molecule has 0 aromatic heterocycles. The van der Waals surface area contributed by atoms with E-state index in [0.717, 1.165) is 25.8 Å². The Labute approximate surface area is 180 Å². The third-order valence-electron chi connectivity index (χ3n) is 5.04. The molecule has 1 unspecified atom stereocenters. The smallest absolute Gasteiger partial charge is 0.256 e. The maximum absolute atomic E-state index is 13.2. The zero-order valence-electron chi connectivity index (χ0n) is 19.3. The van der Waals surface area contributed by atoms with Crippen LogP contribution < -0.4 is 9.64 Å². The number of phenolic OH excluding ortho intramolecular Hbond substituents is 1. The number of hydrogen-bond donors (Lipinski definition) is 2. The number of phenols is 1. The summed E-state index contributed by atoms with van der Waals surface area (Å²) in [4.78, 5) is 17.2. The molecule has 1 amide bonds. The predicted octanol–water partition coefficient (Wildman–Crippen LogP) is 4.08. The Morgan fingerprint density at radius 1 is 1.03 bits per heavy atom. The molecular formula is C24H36N2O4. The number of carbonyl (C=O) groups excluding carboxylic acids is 1. The highest BCUT2D eigenvalue weighted by Crippen LogP contribution is 2.38. The lowest BCUT2D eigenvalue weighted by Gasteiger charge is -2.36. The lowest BCUT2D eigenvalue weighted by molar-refractivity contribution is 0.0657. The maximum atomic E-state index is 13.2. The number of methoxy groups -OCH3 is 1. The summed E-state index contributed by atoms with van der Waals surface area (Å²) in [5.74, 6) is 0.373. The van der Waals surface area contributed by atoms with Gasteiger partial charge in [0.15, 0.2) is 11.5 Å². The quantitative estimate of drug-likeness (QED) is 0.733. The standard InChI is InChI=1S/C19H20N2O3.2C2H6.CH4O/c1-20-11-14-7-12-5-3-4-6-13(12)10-21(14)19(23)15-8-18(24-2)17(22)9-16(15)20;3*1-2/h3-6,8-9,14,22H,7,10-11H2,1-2H3;2*1-2H3;2H,1H3. The van der Waals surface area contributed by atoms with Crippen LogP contribution in [-0.4, -0.2) is 54.9 Å². The third kappa shape index (κ3) is 5.05. The Hall–Kier alpha value is -2.73. The third-order valence-corrected chi connectivity index (χ3v) is 5.04. The average molecular weight is 417 g/mol. The molecule has 2 aromatic rings. The number of aromatic hydroxyl groups is 1. The molecule has 0 radical (unpaired) electrons. The lowest BCUT2D eigenvalue weighted by atomic mass is 9.93. The molecule has 2 aliphatic rings. The van der Waals surface area contributed by atoms with Crippen molar-refractivity contribution in [2.75, 3.05) is 32.7 Å². The average Bonchev–Trinajstić information content (AvgIpc) is 2.90. The zero-order chi connectivity index (χ0) is 22.8. The van der Waals surface area contributed by atoms with Crippen LogP contribution in [0.3, 0.4) is 0 Å². The van der Waals surface area contributed by atoms with Gasteiger partial charge in [-0.05, 0) is 23.6 Å². The van der Waals surface area contributed by atoms with Gasteiger partial charge in [-0.2, -0.15) is 0 Å². The van der Waals surface area contributed by atoms with Crippen LogP contribution in [0.15, 0.2) is 36.4 Å². The van der Waals surface area contributed by atoms with Crippen molar-refractivity contribution < 1.29 is 19.7 Å². The first-order valence-electron chi connectivity index (χ1n) is 10.5. The number of anilines is 1. The summed E-state index contributed by atoms with van der Waals surface area (Å²) >= 11 is 0. The number of benzene rings is 2. The summed E-state index contributed by atoms with van der Waals surface area (Å²) < 4.78 is 5.19. The van der Waals surface area contributed by atoms with Crippen molar-refractivity contribution in [2.45, 2.75) is 46.7 Å². The molecule has 0 bridgehead atoms. The minimum atomic E-state index is -0.00727. The number of amides is 1. The van der Waals surface area contributed by atoms with Crippen molar-refractivity contribution in [2.24, 2.45) is 0 Å². The Morgan fingerprint density at radius 3 is 2.23 bits per heavy atom. The molecule has 2 heterocycles. The minimum Gasteiger partial charge on any atom is -0.504 e. The first kappa shape index (κ1) is 25.3. The molecule has 0 saturated heterocycles. The van der Waals surface area contributed by atoms with E-state index in [-0.39, 0.29) is 17.7 Å². The van der Waals surface area contributed by atoms with Crippen molar-refractivity contribution in [3.63, 3.8) is 0 Å². The number of hydrogen-bond acceptors (Lipinski definition) is 5. The fourth-order valence-corrected chi connectivity index (χ4v) is 3.77. The van der Waals surface area contributed by atoms with E-state index in [1.54, 1.807) is 12.1 Å². The number of ether oxygens (including phenoxy) is 1. The van der Waals surface area contributed by atoms with Crippen molar-refractivity contribution in [1.29, 1.82) is 0 Å². The molecule has 2 aliphatic heterocycles. The second-order valence-corrected chi connectivity index (χ2v) is 6.48. The number of fused-ring (bicyclic) bond motifs is 3. The normalized spacial score (nSPS) is 16.0. The van der Waals surface area contributed by atoms with E-state index in [2.05, 4.69) is 12.1 Å². The number of rotatable bonds is 1. The number of carbonyl (C=O) groups is 1. The first-order valence-corrected chi connectivity index (χ1v) is 10.5. The van der Waals surface area contributed by atoms with Crippen molar-refractivity contribution in [3.8, 4) is 11.5 Å². The highest BCUT2D eigenvalue weighted by atomic mass is 16.5. The minimum absolute atomic E-state index is 0.00727. The predicted molar refractivity (Wildman–Crippen MR) is 123 cm³/mol. The molecule has 6 heteroatoms. The Bertz CT molecular complexity index is 823. The van der Waals surface area contributed by atoms with E-state index < -0.39 is 0 Å². The van der Waals surface area contributed by atoms with Gasteiger partial charge in [0.05, 0.1) is 24.4 Å². The van der Waals surface area contributed by atoms with E-state index in [1.165, 1.54) is 18.2 Å². The number of likely N-dealkylation sites (N-methyl/N-ethyl adjacent to an activating group) is 1. The van der Waals surface area contributed by atoms with Gasteiger partial charge in [-0.1, -0.05) is 52.0 Å². The van der Waals surface area contributed by atoms with E-state index in [9.17, 15) is 9.90 Å². The molecule has 0 spiro atoms. The van der Waals surface area contributed by atoms with Crippen LogP contribution in [0.2, 0.25) is 0 Å². The number of aliphatic hydroxyl groups is 1. The molecule has 0 aliphatic carbocycles. The molecule has 4 rings (SSSR count). The van der Waals surface area contributed by atoms with E-state index >= 15 is 0 Å². The van der Waals surface area contributed by atoms with Crippen molar-refractivity contribution in [1.82, 2.24) is 4.90 Å². The van der Waals surface area contributed by atoms with E-state index in [1.807, 2.05) is 56.7 Å². The van der Waals surface area contributed by atoms with Gasteiger partial charge in [-0.25, -0.2) is 0 Å². The summed E-state index contributed by atoms with van der Waals surface area (Å²) in [7, 11) is 4.45. The van der Waals surface area contributed by atoms with Crippen LogP contribution in [-0.2, 0) is 13.0 Å². The lowest BCUT2D eigenvalue weighted by Crippen LogP contribution is -2.47. The summed E-state index contributed by atoms with van der Waals surface area (Å²) in [6.07, 6.45) is 0.851.